The van der Waals surface area contributed by atoms with Crippen molar-refractivity contribution >= 4 is 75.0 Å². The molecule has 2 nitrogen and oxygen atoms in total. The smallest absolute Gasteiger partial charge is 0.0788 e. The summed E-state index contributed by atoms with van der Waals surface area (Å²) < 4.78 is 5.03. The quantitative estimate of drug-likeness (QED) is 0.184. The van der Waals surface area contributed by atoms with E-state index in [1.54, 1.807) is 0 Å². The zero-order valence-corrected chi connectivity index (χ0v) is 25.6. The molecule has 3 heteroatoms. The molecule has 0 saturated heterocycles. The number of para-hydroxylation sites is 3. The van der Waals surface area contributed by atoms with E-state index in [1.807, 2.05) is 11.3 Å². The van der Waals surface area contributed by atoms with E-state index in [-0.39, 0.29) is 0 Å². The van der Waals surface area contributed by atoms with Crippen LogP contribution in [0.15, 0.2) is 158 Å². The van der Waals surface area contributed by atoms with Gasteiger partial charge in [-0.05, 0) is 47.5 Å². The molecule has 0 unspecified atom stereocenters. The molecule has 0 saturated carbocycles. The maximum Gasteiger partial charge on any atom is 0.0788 e. The van der Waals surface area contributed by atoms with Gasteiger partial charge < -0.3 is 4.57 Å². The molecule has 214 valence electrons. The van der Waals surface area contributed by atoms with E-state index in [1.165, 1.54) is 75.0 Å². The van der Waals surface area contributed by atoms with Crippen LogP contribution in [0.3, 0.4) is 0 Å². The van der Waals surface area contributed by atoms with Crippen molar-refractivity contribution < 1.29 is 0 Å². The van der Waals surface area contributed by atoms with E-state index >= 15 is 0 Å². The highest BCUT2D eigenvalue weighted by Gasteiger charge is 2.18. The molecule has 0 atom stereocenters. The summed E-state index contributed by atoms with van der Waals surface area (Å²) in [5.41, 5.74) is 9.20. The van der Waals surface area contributed by atoms with Gasteiger partial charge in [-0.1, -0.05) is 121 Å². The lowest BCUT2D eigenvalue weighted by molar-refractivity contribution is 1.18. The van der Waals surface area contributed by atoms with Crippen molar-refractivity contribution in [2.75, 3.05) is 0 Å². The summed E-state index contributed by atoms with van der Waals surface area (Å²) in [6, 6.07) is 56.9. The molecule has 0 fully saturated rings. The predicted octanol–water partition coefficient (Wildman–Crippen LogP) is 12.2. The minimum absolute atomic E-state index is 1.03. The molecule has 10 rings (SSSR count). The summed E-state index contributed by atoms with van der Waals surface area (Å²) in [4.78, 5) is 5.27. The first-order valence-electron chi connectivity index (χ1n) is 15.6. The Balaban J connectivity index is 1.18. The highest BCUT2D eigenvalue weighted by Crippen LogP contribution is 2.44. The van der Waals surface area contributed by atoms with E-state index in [9.17, 15) is 0 Å². The first kappa shape index (κ1) is 25.5. The van der Waals surface area contributed by atoms with Gasteiger partial charge in [-0.15, -0.1) is 11.3 Å². The summed E-state index contributed by atoms with van der Waals surface area (Å²) in [6.07, 6.45) is 0. The molecule has 0 aliphatic rings. The van der Waals surface area contributed by atoms with Crippen LogP contribution in [0.1, 0.15) is 0 Å². The number of thiophene rings is 1. The van der Waals surface area contributed by atoms with E-state index in [0.29, 0.717) is 0 Å². The summed E-state index contributed by atoms with van der Waals surface area (Å²) in [6.45, 7) is 0. The normalized spacial score (nSPS) is 11.9. The highest BCUT2D eigenvalue weighted by atomic mass is 32.1. The fourth-order valence-corrected chi connectivity index (χ4v) is 8.62. The van der Waals surface area contributed by atoms with E-state index in [4.69, 9.17) is 4.98 Å². The summed E-state index contributed by atoms with van der Waals surface area (Å²) >= 11 is 1.88. The number of hydrogen-bond donors (Lipinski definition) is 0. The van der Waals surface area contributed by atoms with Crippen LogP contribution in [0.5, 0.6) is 0 Å². The Morgan fingerprint density at radius 2 is 1.11 bits per heavy atom. The fourth-order valence-electron chi connectivity index (χ4n) is 7.36. The van der Waals surface area contributed by atoms with Crippen LogP contribution in [0, 0.1) is 0 Å². The van der Waals surface area contributed by atoms with Crippen molar-refractivity contribution in [2.24, 2.45) is 0 Å². The van der Waals surface area contributed by atoms with Crippen molar-refractivity contribution in [3.05, 3.63) is 158 Å². The maximum absolute atomic E-state index is 5.27. The van der Waals surface area contributed by atoms with Crippen LogP contribution in [0.25, 0.3) is 91.7 Å². The molecule has 7 aromatic carbocycles. The molecule has 0 aliphatic heterocycles. The van der Waals surface area contributed by atoms with Crippen LogP contribution >= 0.6 is 11.3 Å². The second-order valence-electron chi connectivity index (χ2n) is 11.9. The van der Waals surface area contributed by atoms with Gasteiger partial charge in [-0.2, -0.15) is 0 Å². The third-order valence-corrected chi connectivity index (χ3v) is 10.6. The number of aromatic nitrogens is 2. The van der Waals surface area contributed by atoms with Gasteiger partial charge in [0.05, 0.1) is 22.2 Å². The van der Waals surface area contributed by atoms with Crippen molar-refractivity contribution in [3.8, 4) is 28.1 Å². The Morgan fingerprint density at radius 1 is 0.435 bits per heavy atom. The van der Waals surface area contributed by atoms with E-state index < -0.39 is 0 Å². The van der Waals surface area contributed by atoms with Crippen LogP contribution in [-0.2, 0) is 0 Å². The van der Waals surface area contributed by atoms with Crippen molar-refractivity contribution in [1.82, 2.24) is 9.55 Å². The number of pyridine rings is 1. The lowest BCUT2D eigenvalue weighted by Crippen LogP contribution is -1.93. The predicted molar refractivity (Wildman–Crippen MR) is 197 cm³/mol. The zero-order valence-electron chi connectivity index (χ0n) is 24.8. The summed E-state index contributed by atoms with van der Waals surface area (Å²) in [5.74, 6) is 0. The molecule has 0 bridgehead atoms. The standard InChI is InChI=1S/C43H26N2S/c1-2-11-29(12-3-1)45-37-18-8-5-15-34(37)40-30(16-10-19-38(40)45)27-21-23-28(24-22-27)42-35-26-25-32-31-13-6-9-20-39(31)46-43(32)41(35)33-14-4-7-17-36(33)44-42/h1-26H. The summed E-state index contributed by atoms with van der Waals surface area (Å²) in [7, 11) is 0. The maximum atomic E-state index is 5.27. The average molecular weight is 603 g/mol. The van der Waals surface area contributed by atoms with Gasteiger partial charge in [0.1, 0.15) is 0 Å². The number of fused-ring (bicyclic) bond motifs is 10. The second-order valence-corrected chi connectivity index (χ2v) is 13.0. The second kappa shape index (κ2) is 9.87. The Bertz CT molecular complexity index is 2790. The molecule has 0 aliphatic carbocycles. The Labute approximate surface area is 269 Å². The molecule has 46 heavy (non-hydrogen) atoms. The van der Waals surface area contributed by atoms with Crippen LogP contribution in [0.2, 0.25) is 0 Å². The average Bonchev–Trinajstić information content (AvgIpc) is 3.68. The molecule has 0 spiro atoms. The molecular formula is C43H26N2S. The third-order valence-electron chi connectivity index (χ3n) is 9.39. The molecule has 3 heterocycles. The van der Waals surface area contributed by atoms with Gasteiger partial charge in [0.2, 0.25) is 0 Å². The SMILES string of the molecule is c1ccc(-n2c3ccccc3c3c(-c4ccc(-c5nc6ccccc6c6c5ccc5c7ccccc7sc56)cc4)cccc32)cc1. The van der Waals surface area contributed by atoms with E-state index in [0.717, 1.165) is 16.8 Å². The molecule has 0 radical (unpaired) electrons. The van der Waals surface area contributed by atoms with Crippen molar-refractivity contribution in [3.63, 3.8) is 0 Å². The van der Waals surface area contributed by atoms with Crippen molar-refractivity contribution in [2.45, 2.75) is 0 Å². The van der Waals surface area contributed by atoms with Gasteiger partial charge in [-0.25, -0.2) is 4.98 Å². The molecule has 0 N–H and O–H groups in total. The van der Waals surface area contributed by atoms with Gasteiger partial charge >= 0.3 is 0 Å². The monoisotopic (exact) mass is 602 g/mol. The van der Waals surface area contributed by atoms with Crippen LogP contribution in [0.4, 0.5) is 0 Å². The number of rotatable bonds is 3. The lowest BCUT2D eigenvalue weighted by Gasteiger charge is -2.12. The van der Waals surface area contributed by atoms with Gasteiger partial charge in [0.25, 0.3) is 0 Å². The Kier molecular flexibility index (Phi) is 5.48. The highest BCUT2D eigenvalue weighted by molar-refractivity contribution is 7.26. The zero-order chi connectivity index (χ0) is 30.2. The fraction of sp³-hybridized carbons (Fsp3) is 0. The first-order valence-corrected chi connectivity index (χ1v) is 16.5. The largest absolute Gasteiger partial charge is 0.309 e. The van der Waals surface area contributed by atoms with Crippen molar-refractivity contribution in [1.29, 1.82) is 0 Å². The topological polar surface area (TPSA) is 17.8 Å². The minimum Gasteiger partial charge on any atom is -0.309 e. The number of nitrogens with zero attached hydrogens (tertiary/aromatic N) is 2. The van der Waals surface area contributed by atoms with Crippen LogP contribution in [-0.4, -0.2) is 9.55 Å². The number of benzene rings is 7. The van der Waals surface area contributed by atoms with E-state index in [2.05, 4.69) is 162 Å². The Hall–Kier alpha value is -5.77. The lowest BCUT2D eigenvalue weighted by atomic mass is 9.95. The van der Waals surface area contributed by atoms with Gasteiger partial charge in [-0.3, -0.25) is 0 Å². The third kappa shape index (κ3) is 3.67. The minimum atomic E-state index is 1.03. The number of hydrogen-bond acceptors (Lipinski definition) is 2. The molecule has 0 amide bonds. The summed E-state index contributed by atoms with van der Waals surface area (Å²) in [5, 5.41) is 8.86. The molecular weight excluding hydrogens is 577 g/mol. The van der Waals surface area contributed by atoms with Gasteiger partial charge in [0.15, 0.2) is 0 Å². The van der Waals surface area contributed by atoms with Crippen LogP contribution < -0.4 is 0 Å². The first-order chi connectivity index (χ1) is 22.8. The van der Waals surface area contributed by atoms with Gasteiger partial charge in [0, 0.05) is 58.4 Å². The molecule has 3 aromatic heterocycles. The Morgan fingerprint density at radius 3 is 1.98 bits per heavy atom. The molecule has 10 aromatic rings.